The first-order valence-corrected chi connectivity index (χ1v) is 9.19. The van der Waals surface area contributed by atoms with Crippen molar-refractivity contribution in [3.05, 3.63) is 44.2 Å². The van der Waals surface area contributed by atoms with Crippen molar-refractivity contribution in [2.45, 2.75) is 12.8 Å². The van der Waals surface area contributed by atoms with Crippen molar-refractivity contribution < 1.29 is 4.79 Å². The highest BCUT2D eigenvalue weighted by Crippen LogP contribution is 2.32. The normalized spacial score (nSPS) is 10.7. The summed E-state index contributed by atoms with van der Waals surface area (Å²) in [4.78, 5) is 18.5. The summed E-state index contributed by atoms with van der Waals surface area (Å²) in [6, 6.07) is 7.82. The molecule has 0 fully saturated rings. The molecule has 0 spiro atoms. The molecular weight excluding hydrogens is 344 g/mol. The number of anilines is 1. The number of amides is 1. The molecule has 7 heteroatoms. The standard InChI is InChI=1S/C14H11ClN2OS3/c15-12-5-4-11(21-12)10-8-20-14(16-10)17-13(18)6-3-9-2-1-7-19-9/h1-2,4-5,7-8H,3,6H2,(H,16,17,18). The number of aromatic nitrogens is 1. The van der Waals surface area contributed by atoms with Crippen LogP contribution in [0.1, 0.15) is 11.3 Å². The van der Waals surface area contributed by atoms with Crippen LogP contribution in [0.5, 0.6) is 0 Å². The van der Waals surface area contributed by atoms with Crippen LogP contribution in [0.4, 0.5) is 5.13 Å². The van der Waals surface area contributed by atoms with Gasteiger partial charge >= 0.3 is 0 Å². The molecule has 21 heavy (non-hydrogen) atoms. The lowest BCUT2D eigenvalue weighted by Gasteiger charge is -2.00. The van der Waals surface area contributed by atoms with Crippen LogP contribution in [-0.4, -0.2) is 10.9 Å². The Kier molecular flexibility index (Phi) is 4.70. The number of carbonyl (C=O) groups is 1. The van der Waals surface area contributed by atoms with Crippen LogP contribution >= 0.6 is 45.6 Å². The molecule has 0 bridgehead atoms. The fourth-order valence-corrected chi connectivity index (χ4v) is 4.28. The molecule has 1 amide bonds. The average molecular weight is 355 g/mol. The molecule has 0 saturated carbocycles. The van der Waals surface area contributed by atoms with Gasteiger partial charge in [-0.05, 0) is 30.0 Å². The van der Waals surface area contributed by atoms with E-state index in [1.165, 1.54) is 27.6 Å². The number of hydrogen-bond donors (Lipinski definition) is 1. The highest BCUT2D eigenvalue weighted by molar-refractivity contribution is 7.20. The molecular formula is C14H11ClN2OS3. The van der Waals surface area contributed by atoms with Gasteiger partial charge < -0.3 is 5.32 Å². The van der Waals surface area contributed by atoms with Crippen molar-refractivity contribution in [2.24, 2.45) is 0 Å². The van der Waals surface area contributed by atoms with Crippen LogP contribution in [0.2, 0.25) is 4.34 Å². The fraction of sp³-hybridized carbons (Fsp3) is 0.143. The molecule has 3 nitrogen and oxygen atoms in total. The number of rotatable bonds is 5. The van der Waals surface area contributed by atoms with E-state index in [1.54, 1.807) is 11.3 Å². The fourth-order valence-electron chi connectivity index (χ4n) is 1.77. The summed E-state index contributed by atoms with van der Waals surface area (Å²) in [5, 5.41) is 7.42. The van der Waals surface area contributed by atoms with Crippen LogP contribution in [0.25, 0.3) is 10.6 Å². The third-order valence-electron chi connectivity index (χ3n) is 2.75. The number of carbonyl (C=O) groups excluding carboxylic acids is 1. The Morgan fingerprint density at radius 3 is 2.90 bits per heavy atom. The van der Waals surface area contributed by atoms with Gasteiger partial charge in [-0.15, -0.1) is 34.0 Å². The summed E-state index contributed by atoms with van der Waals surface area (Å²) in [6.07, 6.45) is 1.24. The molecule has 0 atom stereocenters. The number of nitrogens with one attached hydrogen (secondary N) is 1. The SMILES string of the molecule is O=C(CCc1cccs1)Nc1nc(-c2ccc(Cl)s2)cs1. The average Bonchev–Trinajstić information content (AvgIpc) is 3.17. The van der Waals surface area contributed by atoms with Crippen molar-refractivity contribution >= 4 is 56.7 Å². The second kappa shape index (κ2) is 6.70. The topological polar surface area (TPSA) is 42.0 Å². The molecule has 0 radical (unpaired) electrons. The third kappa shape index (κ3) is 3.91. The number of thiazole rings is 1. The van der Waals surface area contributed by atoms with Gasteiger partial charge in [-0.2, -0.15) is 0 Å². The molecule has 0 aromatic carbocycles. The Labute approximate surface area is 139 Å². The predicted octanol–water partition coefficient (Wildman–Crippen LogP) is 5.16. The van der Waals surface area contributed by atoms with Crippen molar-refractivity contribution in [3.8, 4) is 10.6 Å². The first-order chi connectivity index (χ1) is 10.2. The monoisotopic (exact) mass is 354 g/mol. The van der Waals surface area contributed by atoms with E-state index in [0.29, 0.717) is 11.6 Å². The minimum Gasteiger partial charge on any atom is -0.302 e. The lowest BCUT2D eigenvalue weighted by atomic mass is 10.2. The first kappa shape index (κ1) is 14.7. The van der Waals surface area contributed by atoms with E-state index in [1.807, 2.05) is 35.0 Å². The lowest BCUT2D eigenvalue weighted by Crippen LogP contribution is -2.11. The number of halogens is 1. The minimum absolute atomic E-state index is 0.00601. The van der Waals surface area contributed by atoms with Crippen molar-refractivity contribution in [1.82, 2.24) is 4.98 Å². The van der Waals surface area contributed by atoms with Gasteiger partial charge in [0.25, 0.3) is 0 Å². The van der Waals surface area contributed by atoms with Gasteiger partial charge in [0.05, 0.1) is 14.9 Å². The van der Waals surface area contributed by atoms with E-state index < -0.39 is 0 Å². The smallest absolute Gasteiger partial charge is 0.226 e. The number of nitrogens with zero attached hydrogens (tertiary/aromatic N) is 1. The van der Waals surface area contributed by atoms with Crippen LogP contribution in [0.15, 0.2) is 35.0 Å². The van der Waals surface area contributed by atoms with Crippen molar-refractivity contribution in [2.75, 3.05) is 5.32 Å². The lowest BCUT2D eigenvalue weighted by molar-refractivity contribution is -0.116. The largest absolute Gasteiger partial charge is 0.302 e. The zero-order chi connectivity index (χ0) is 14.7. The van der Waals surface area contributed by atoms with E-state index in [-0.39, 0.29) is 5.91 Å². The van der Waals surface area contributed by atoms with Gasteiger partial charge in [0.1, 0.15) is 0 Å². The Morgan fingerprint density at radius 1 is 1.29 bits per heavy atom. The van der Waals surface area contributed by atoms with Crippen LogP contribution in [0.3, 0.4) is 0 Å². The maximum atomic E-state index is 11.9. The highest BCUT2D eigenvalue weighted by Gasteiger charge is 2.10. The van der Waals surface area contributed by atoms with E-state index in [0.717, 1.165) is 21.3 Å². The van der Waals surface area contributed by atoms with Gasteiger partial charge in [-0.3, -0.25) is 4.79 Å². The summed E-state index contributed by atoms with van der Waals surface area (Å²) in [5.74, 6) is -0.00601. The predicted molar refractivity (Wildman–Crippen MR) is 91.7 cm³/mol. The molecule has 1 N–H and O–H groups in total. The third-order valence-corrected chi connectivity index (χ3v) is 5.70. The highest BCUT2D eigenvalue weighted by atomic mass is 35.5. The number of hydrogen-bond acceptors (Lipinski definition) is 5. The molecule has 0 aliphatic carbocycles. The summed E-state index contributed by atoms with van der Waals surface area (Å²) in [5.41, 5.74) is 0.852. The molecule has 0 unspecified atom stereocenters. The Hall–Kier alpha value is -1.21. The zero-order valence-electron chi connectivity index (χ0n) is 10.8. The van der Waals surface area contributed by atoms with Crippen molar-refractivity contribution in [3.63, 3.8) is 0 Å². The molecule has 0 aliphatic rings. The Balaban J connectivity index is 1.58. The van der Waals surface area contributed by atoms with Gasteiger partial charge in [0.15, 0.2) is 5.13 Å². The summed E-state index contributed by atoms with van der Waals surface area (Å²) in [6.45, 7) is 0. The quantitative estimate of drug-likeness (QED) is 0.687. The van der Waals surface area contributed by atoms with Crippen molar-refractivity contribution in [1.29, 1.82) is 0 Å². The molecule has 3 aromatic heterocycles. The van der Waals surface area contributed by atoms with E-state index >= 15 is 0 Å². The molecule has 0 saturated heterocycles. The van der Waals surface area contributed by atoms with E-state index in [2.05, 4.69) is 10.3 Å². The second-order valence-electron chi connectivity index (χ2n) is 4.27. The van der Waals surface area contributed by atoms with Gasteiger partial charge in [-0.25, -0.2) is 4.98 Å². The first-order valence-electron chi connectivity index (χ1n) is 6.24. The Bertz CT molecular complexity index is 733. The van der Waals surface area contributed by atoms with Gasteiger partial charge in [0, 0.05) is 16.7 Å². The maximum Gasteiger partial charge on any atom is 0.226 e. The van der Waals surface area contributed by atoms with Crippen LogP contribution in [0, 0.1) is 0 Å². The Morgan fingerprint density at radius 2 is 2.19 bits per heavy atom. The minimum atomic E-state index is -0.00601. The number of thiophene rings is 2. The van der Waals surface area contributed by atoms with E-state index in [9.17, 15) is 4.79 Å². The summed E-state index contributed by atoms with van der Waals surface area (Å²) < 4.78 is 0.736. The molecule has 108 valence electrons. The zero-order valence-corrected chi connectivity index (χ0v) is 14.0. The summed E-state index contributed by atoms with van der Waals surface area (Å²) >= 11 is 10.5. The van der Waals surface area contributed by atoms with Gasteiger partial charge in [0.2, 0.25) is 5.91 Å². The van der Waals surface area contributed by atoms with Gasteiger partial charge in [-0.1, -0.05) is 17.7 Å². The molecule has 3 rings (SSSR count). The van der Waals surface area contributed by atoms with E-state index in [4.69, 9.17) is 11.6 Å². The number of aryl methyl sites for hydroxylation is 1. The molecule has 3 heterocycles. The second-order valence-corrected chi connectivity index (χ2v) is 7.87. The molecule has 3 aromatic rings. The van der Waals surface area contributed by atoms with Crippen LogP contribution < -0.4 is 5.32 Å². The molecule has 0 aliphatic heterocycles. The maximum absolute atomic E-state index is 11.9. The summed E-state index contributed by atoms with van der Waals surface area (Å²) in [7, 11) is 0. The van der Waals surface area contributed by atoms with Crippen LogP contribution in [-0.2, 0) is 11.2 Å².